The molecule has 21 heavy (non-hydrogen) atoms. The number of methoxy groups -OCH3 is 1. The minimum Gasteiger partial charge on any atom is -0.482 e. The van der Waals surface area contributed by atoms with Crippen LogP contribution in [0.2, 0.25) is 0 Å². The third kappa shape index (κ3) is 2.72. The average molecular weight is 283 g/mol. The second-order valence-corrected chi connectivity index (χ2v) is 4.39. The highest BCUT2D eigenvalue weighted by atomic mass is 16.6. The number of nitrogens with zero attached hydrogens (tertiary/aromatic N) is 1. The van der Waals surface area contributed by atoms with E-state index in [1.807, 2.05) is 24.3 Å². The molecule has 0 saturated carbocycles. The molecule has 0 aliphatic carbocycles. The fourth-order valence-electron chi connectivity index (χ4n) is 2.02. The molecule has 0 radical (unpaired) electrons. The van der Waals surface area contributed by atoms with Crippen LogP contribution in [0.4, 0.5) is 0 Å². The number of furan rings is 1. The molecule has 0 unspecified atom stereocenters. The van der Waals surface area contributed by atoms with Gasteiger partial charge in [0.15, 0.2) is 6.61 Å². The summed E-state index contributed by atoms with van der Waals surface area (Å²) in [6.07, 6.45) is 3.39. The van der Waals surface area contributed by atoms with E-state index in [-0.39, 0.29) is 6.61 Å². The predicted molar refractivity (Wildman–Crippen MR) is 77.0 cm³/mol. The van der Waals surface area contributed by atoms with Crippen LogP contribution in [0.15, 0.2) is 53.3 Å². The van der Waals surface area contributed by atoms with Gasteiger partial charge in [0, 0.05) is 17.1 Å². The molecule has 5 nitrogen and oxygen atoms in total. The summed E-state index contributed by atoms with van der Waals surface area (Å²) >= 11 is 0. The largest absolute Gasteiger partial charge is 0.482 e. The van der Waals surface area contributed by atoms with Gasteiger partial charge in [0.25, 0.3) is 0 Å². The molecule has 0 bridgehead atoms. The number of pyridine rings is 1. The highest BCUT2D eigenvalue weighted by Gasteiger charge is 2.11. The number of esters is 1. The summed E-state index contributed by atoms with van der Waals surface area (Å²) in [4.78, 5) is 15.4. The number of carbonyl (C=O) groups excluding carboxylic acids is 1. The third-order valence-electron chi connectivity index (χ3n) is 3.07. The van der Waals surface area contributed by atoms with E-state index in [0.29, 0.717) is 5.75 Å². The van der Waals surface area contributed by atoms with Crippen molar-refractivity contribution in [1.29, 1.82) is 0 Å². The fraction of sp³-hybridized carbons (Fsp3) is 0.125. The summed E-state index contributed by atoms with van der Waals surface area (Å²) in [6.45, 7) is -0.126. The first-order chi connectivity index (χ1) is 10.3. The lowest BCUT2D eigenvalue weighted by Crippen LogP contribution is -2.12. The molecule has 2 aromatic heterocycles. The maximum Gasteiger partial charge on any atom is 0.343 e. The number of carbonyl (C=O) groups is 1. The van der Waals surface area contributed by atoms with E-state index in [2.05, 4.69) is 9.72 Å². The summed E-state index contributed by atoms with van der Waals surface area (Å²) in [7, 11) is 1.32. The van der Waals surface area contributed by atoms with E-state index in [4.69, 9.17) is 9.15 Å². The predicted octanol–water partition coefficient (Wildman–Crippen LogP) is 3.05. The second kappa shape index (κ2) is 5.66. The Balaban J connectivity index is 1.95. The number of rotatable bonds is 4. The summed E-state index contributed by atoms with van der Waals surface area (Å²) in [5.41, 5.74) is 2.44. The van der Waals surface area contributed by atoms with E-state index in [1.165, 1.54) is 7.11 Å². The first-order valence-electron chi connectivity index (χ1n) is 6.40. The van der Waals surface area contributed by atoms with Crippen molar-refractivity contribution in [3.05, 3.63) is 48.9 Å². The quantitative estimate of drug-likeness (QED) is 0.689. The summed E-state index contributed by atoms with van der Waals surface area (Å²) < 4.78 is 15.5. The zero-order valence-electron chi connectivity index (χ0n) is 11.4. The molecule has 0 fully saturated rings. The van der Waals surface area contributed by atoms with Gasteiger partial charge in [-0.25, -0.2) is 4.79 Å². The van der Waals surface area contributed by atoms with Gasteiger partial charge in [-0.1, -0.05) is 6.07 Å². The first-order valence-corrected chi connectivity index (χ1v) is 6.40. The summed E-state index contributed by atoms with van der Waals surface area (Å²) in [6, 6.07) is 11.1. The van der Waals surface area contributed by atoms with Crippen LogP contribution in [0.1, 0.15) is 0 Å². The fourth-order valence-corrected chi connectivity index (χ4v) is 2.02. The van der Waals surface area contributed by atoms with Gasteiger partial charge in [0.05, 0.1) is 12.8 Å². The lowest BCUT2D eigenvalue weighted by Gasteiger charge is -2.05. The Morgan fingerprint density at radius 1 is 1.29 bits per heavy atom. The van der Waals surface area contributed by atoms with Crippen molar-refractivity contribution in [3.63, 3.8) is 0 Å². The highest BCUT2D eigenvalue weighted by Crippen LogP contribution is 2.31. The Hall–Kier alpha value is -2.82. The van der Waals surface area contributed by atoms with Gasteiger partial charge in [0.2, 0.25) is 0 Å². The Kier molecular flexibility index (Phi) is 3.55. The zero-order chi connectivity index (χ0) is 14.7. The van der Waals surface area contributed by atoms with Crippen LogP contribution in [0.5, 0.6) is 5.75 Å². The Morgan fingerprint density at radius 3 is 2.95 bits per heavy atom. The van der Waals surface area contributed by atoms with Gasteiger partial charge in [-0.05, 0) is 30.3 Å². The molecule has 0 aliphatic heterocycles. The van der Waals surface area contributed by atoms with Crippen molar-refractivity contribution in [2.75, 3.05) is 13.7 Å². The van der Waals surface area contributed by atoms with Crippen molar-refractivity contribution < 1.29 is 18.7 Å². The Labute approximate surface area is 121 Å². The van der Waals surface area contributed by atoms with Gasteiger partial charge in [0.1, 0.15) is 17.6 Å². The molecule has 0 aliphatic rings. The third-order valence-corrected chi connectivity index (χ3v) is 3.07. The van der Waals surface area contributed by atoms with Crippen molar-refractivity contribution in [1.82, 2.24) is 4.98 Å². The van der Waals surface area contributed by atoms with Crippen LogP contribution < -0.4 is 4.74 Å². The second-order valence-electron chi connectivity index (χ2n) is 4.39. The van der Waals surface area contributed by atoms with E-state index in [9.17, 15) is 4.79 Å². The van der Waals surface area contributed by atoms with E-state index < -0.39 is 5.97 Å². The number of ether oxygens (including phenoxy) is 2. The topological polar surface area (TPSA) is 61.6 Å². The smallest absolute Gasteiger partial charge is 0.343 e. The van der Waals surface area contributed by atoms with Gasteiger partial charge in [-0.3, -0.25) is 4.98 Å². The van der Waals surface area contributed by atoms with Gasteiger partial charge >= 0.3 is 5.97 Å². The van der Waals surface area contributed by atoms with Crippen molar-refractivity contribution in [2.45, 2.75) is 0 Å². The normalized spacial score (nSPS) is 10.5. The first kappa shape index (κ1) is 13.2. The average Bonchev–Trinajstić information content (AvgIpc) is 2.96. The molecule has 106 valence electrons. The monoisotopic (exact) mass is 283 g/mol. The number of aromatic nitrogens is 1. The molecule has 3 aromatic rings. The highest BCUT2D eigenvalue weighted by molar-refractivity contribution is 5.93. The van der Waals surface area contributed by atoms with Crippen molar-refractivity contribution >= 4 is 16.9 Å². The van der Waals surface area contributed by atoms with Crippen LogP contribution in [0.25, 0.3) is 22.2 Å². The van der Waals surface area contributed by atoms with Gasteiger partial charge in [-0.2, -0.15) is 0 Å². The molecule has 0 N–H and O–H groups in total. The molecule has 0 saturated heterocycles. The minimum atomic E-state index is -0.424. The van der Waals surface area contributed by atoms with E-state index >= 15 is 0 Å². The van der Waals surface area contributed by atoms with Crippen LogP contribution >= 0.6 is 0 Å². The molecular weight excluding hydrogens is 270 g/mol. The summed E-state index contributed by atoms with van der Waals surface area (Å²) in [5.74, 6) is 0.152. The maximum absolute atomic E-state index is 11.1. The lowest BCUT2D eigenvalue weighted by molar-refractivity contribution is -0.142. The molecule has 0 atom stereocenters. The Bertz CT molecular complexity index is 764. The number of hydrogen-bond donors (Lipinski definition) is 0. The molecule has 0 spiro atoms. The maximum atomic E-state index is 11.1. The minimum absolute atomic E-state index is 0.126. The zero-order valence-corrected chi connectivity index (χ0v) is 11.4. The standard InChI is InChI=1S/C16H13NO4/c1-19-16(18)10-20-11-5-6-15-12(8-11)13(9-21-15)14-4-2-3-7-17-14/h2-9H,10H2,1H3. The molecule has 3 rings (SSSR count). The Morgan fingerprint density at radius 2 is 2.19 bits per heavy atom. The van der Waals surface area contributed by atoms with E-state index in [1.54, 1.807) is 24.6 Å². The molecule has 2 heterocycles. The van der Waals surface area contributed by atoms with E-state index in [0.717, 1.165) is 22.2 Å². The van der Waals surface area contributed by atoms with Crippen LogP contribution in [-0.2, 0) is 9.53 Å². The van der Waals surface area contributed by atoms with Crippen LogP contribution in [0.3, 0.4) is 0 Å². The molecule has 5 heteroatoms. The molecule has 0 amide bonds. The van der Waals surface area contributed by atoms with Crippen molar-refractivity contribution in [2.24, 2.45) is 0 Å². The van der Waals surface area contributed by atoms with Crippen molar-refractivity contribution in [3.8, 4) is 17.0 Å². The lowest BCUT2D eigenvalue weighted by atomic mass is 10.1. The number of fused-ring (bicyclic) bond motifs is 1. The SMILES string of the molecule is COC(=O)COc1ccc2occ(-c3ccccn3)c2c1. The van der Waals surface area contributed by atoms with Crippen LogP contribution in [0, 0.1) is 0 Å². The molecule has 1 aromatic carbocycles. The summed E-state index contributed by atoms with van der Waals surface area (Å²) in [5, 5.41) is 0.885. The number of benzene rings is 1. The van der Waals surface area contributed by atoms with Gasteiger partial charge < -0.3 is 13.9 Å². The molecular formula is C16H13NO4. The number of hydrogen-bond acceptors (Lipinski definition) is 5. The van der Waals surface area contributed by atoms with Gasteiger partial charge in [-0.15, -0.1) is 0 Å². The van der Waals surface area contributed by atoms with Crippen LogP contribution in [-0.4, -0.2) is 24.7 Å².